The third kappa shape index (κ3) is 4.30. The van der Waals surface area contributed by atoms with Gasteiger partial charge in [-0.1, -0.05) is 36.7 Å². The number of nitrogens with one attached hydrogen (secondary N) is 1. The van der Waals surface area contributed by atoms with E-state index in [2.05, 4.69) is 49.7 Å². The maximum absolute atomic E-state index is 12.7. The second-order valence-electron chi connectivity index (χ2n) is 8.45. The lowest BCUT2D eigenvalue weighted by Gasteiger charge is -2.44. The van der Waals surface area contributed by atoms with Gasteiger partial charge in [0.25, 0.3) is 5.91 Å². The quantitative estimate of drug-likeness (QED) is 0.670. The number of nitrogens with zero attached hydrogens (tertiary/aromatic N) is 1. The molecular formula is C24H33ClN2O. The van der Waals surface area contributed by atoms with Crippen molar-refractivity contribution in [2.45, 2.75) is 71.1 Å². The number of piperidine rings is 1. The summed E-state index contributed by atoms with van der Waals surface area (Å²) >= 11 is 6.17. The molecule has 0 atom stereocenters. The predicted molar refractivity (Wildman–Crippen MR) is 117 cm³/mol. The number of aryl methyl sites for hydroxylation is 1. The number of allylic oxidation sites excluding steroid dienone is 1. The Balaban J connectivity index is 1.65. The zero-order chi connectivity index (χ0) is 20.3. The van der Waals surface area contributed by atoms with Gasteiger partial charge < -0.3 is 10.2 Å². The molecule has 1 heterocycles. The van der Waals surface area contributed by atoms with Crippen LogP contribution in [0.3, 0.4) is 0 Å². The minimum Gasteiger partial charge on any atom is -0.359 e. The average Bonchev–Trinajstić information content (AvgIpc) is 2.68. The molecule has 28 heavy (non-hydrogen) atoms. The lowest BCUT2D eigenvalue weighted by atomic mass is 9.69. The minimum atomic E-state index is 0.0445. The highest BCUT2D eigenvalue weighted by Crippen LogP contribution is 2.41. The van der Waals surface area contributed by atoms with Crippen LogP contribution >= 0.6 is 11.6 Å². The van der Waals surface area contributed by atoms with E-state index < -0.39 is 0 Å². The zero-order valence-electron chi connectivity index (χ0n) is 17.5. The van der Waals surface area contributed by atoms with Crippen LogP contribution in [0, 0.1) is 6.92 Å². The number of benzene rings is 1. The summed E-state index contributed by atoms with van der Waals surface area (Å²) in [5.74, 6) is 0.788. The van der Waals surface area contributed by atoms with Crippen molar-refractivity contribution < 1.29 is 4.79 Å². The summed E-state index contributed by atoms with van der Waals surface area (Å²) in [7, 11) is 0. The van der Waals surface area contributed by atoms with Gasteiger partial charge >= 0.3 is 0 Å². The summed E-state index contributed by atoms with van der Waals surface area (Å²) in [5, 5.41) is 3.87. The van der Waals surface area contributed by atoms with Crippen molar-refractivity contribution in [2.75, 3.05) is 13.1 Å². The van der Waals surface area contributed by atoms with Crippen LogP contribution in [0.2, 0.25) is 5.02 Å². The van der Waals surface area contributed by atoms with Crippen molar-refractivity contribution in [1.29, 1.82) is 0 Å². The fourth-order valence-electron chi connectivity index (χ4n) is 4.89. The number of carbonyl (C=O) groups excluding carboxylic acids is 1. The smallest absolute Gasteiger partial charge is 0.252 e. The van der Waals surface area contributed by atoms with Crippen molar-refractivity contribution in [3.05, 3.63) is 57.9 Å². The van der Waals surface area contributed by atoms with E-state index in [1.165, 1.54) is 23.1 Å². The van der Waals surface area contributed by atoms with E-state index in [1.807, 2.05) is 6.07 Å². The molecule has 0 radical (unpaired) electrons. The molecule has 1 aromatic carbocycles. The second kappa shape index (κ2) is 8.73. The number of carbonyl (C=O) groups is 1. The lowest BCUT2D eigenvalue weighted by molar-refractivity contribution is -0.117. The molecule has 1 aliphatic heterocycles. The molecule has 3 rings (SSSR count). The Morgan fingerprint density at radius 1 is 1.21 bits per heavy atom. The Hall–Kier alpha value is -1.74. The highest BCUT2D eigenvalue weighted by atomic mass is 35.5. The molecule has 152 valence electrons. The molecule has 0 aromatic heterocycles. The van der Waals surface area contributed by atoms with E-state index in [0.717, 1.165) is 68.0 Å². The molecule has 1 aliphatic carbocycles. The summed E-state index contributed by atoms with van der Waals surface area (Å²) in [6, 6.07) is 6.28. The first-order valence-corrected chi connectivity index (χ1v) is 10.9. The molecule has 2 aliphatic rings. The third-order valence-corrected chi connectivity index (χ3v) is 7.05. The summed E-state index contributed by atoms with van der Waals surface area (Å²) in [6.45, 7) is 12.5. The molecule has 1 N–H and O–H groups in total. The first-order valence-electron chi connectivity index (χ1n) is 10.6. The van der Waals surface area contributed by atoms with Crippen LogP contribution in [0.1, 0.15) is 69.9 Å². The van der Waals surface area contributed by atoms with E-state index in [0.29, 0.717) is 0 Å². The van der Waals surface area contributed by atoms with Crippen LogP contribution in [0.5, 0.6) is 0 Å². The van der Waals surface area contributed by atoms with Gasteiger partial charge in [-0.25, -0.2) is 0 Å². The molecule has 0 spiro atoms. The Bertz CT molecular complexity index is 788. The Labute approximate surface area is 174 Å². The highest BCUT2D eigenvalue weighted by molar-refractivity contribution is 6.30. The third-order valence-electron chi connectivity index (χ3n) is 6.81. The number of hydrogen-bond donors (Lipinski definition) is 1. The van der Waals surface area contributed by atoms with E-state index >= 15 is 0 Å². The number of rotatable bonds is 5. The van der Waals surface area contributed by atoms with Crippen LogP contribution in [0.25, 0.3) is 0 Å². The van der Waals surface area contributed by atoms with Gasteiger partial charge in [0.15, 0.2) is 0 Å². The monoisotopic (exact) mass is 400 g/mol. The van der Waals surface area contributed by atoms with Crippen molar-refractivity contribution in [2.24, 2.45) is 0 Å². The van der Waals surface area contributed by atoms with E-state index in [4.69, 9.17) is 11.6 Å². The molecule has 3 nitrogen and oxygen atoms in total. The van der Waals surface area contributed by atoms with Crippen molar-refractivity contribution in [1.82, 2.24) is 10.2 Å². The first kappa shape index (κ1) is 21.0. The van der Waals surface area contributed by atoms with Crippen LogP contribution in [-0.2, 0) is 10.2 Å². The van der Waals surface area contributed by atoms with Gasteiger partial charge in [-0.2, -0.15) is 0 Å². The number of hydrogen-bond acceptors (Lipinski definition) is 2. The molecule has 1 aromatic rings. The number of halogens is 1. The van der Waals surface area contributed by atoms with Gasteiger partial charge in [0.05, 0.1) is 0 Å². The summed E-state index contributed by atoms with van der Waals surface area (Å²) in [6.07, 6.45) is 7.45. The standard InChI is InChI=1S/C24H33ClN2O/c1-5-24(22-11-10-20(25)16-18(22)3)12-14-27(15-13-24)19(4)26-23(28)21-9-7-6-8-17(21)2/h10-11,16H,4-9,12-15H2,1-3H3,(H,26,28). The largest absolute Gasteiger partial charge is 0.359 e. The highest BCUT2D eigenvalue weighted by Gasteiger charge is 2.36. The van der Waals surface area contributed by atoms with E-state index in [9.17, 15) is 4.79 Å². The minimum absolute atomic E-state index is 0.0445. The van der Waals surface area contributed by atoms with Gasteiger partial charge in [-0.05, 0) is 87.5 Å². The fourth-order valence-corrected chi connectivity index (χ4v) is 5.12. The summed E-state index contributed by atoms with van der Waals surface area (Å²) in [5.41, 5.74) is 5.06. The van der Waals surface area contributed by atoms with Gasteiger partial charge in [0, 0.05) is 23.7 Å². The molecule has 1 amide bonds. The van der Waals surface area contributed by atoms with E-state index in [1.54, 1.807) is 0 Å². The average molecular weight is 401 g/mol. The number of likely N-dealkylation sites (tertiary alicyclic amines) is 1. The van der Waals surface area contributed by atoms with Gasteiger partial charge in [0.1, 0.15) is 5.82 Å². The van der Waals surface area contributed by atoms with Gasteiger partial charge in [-0.15, -0.1) is 0 Å². The van der Waals surface area contributed by atoms with Crippen LogP contribution in [0.4, 0.5) is 0 Å². The Kier molecular flexibility index (Phi) is 6.54. The number of amides is 1. The Morgan fingerprint density at radius 2 is 1.89 bits per heavy atom. The van der Waals surface area contributed by atoms with Crippen molar-refractivity contribution >= 4 is 17.5 Å². The SMILES string of the molecule is C=C(NC(=O)C1=C(C)CCCC1)N1CCC(CC)(c2ccc(Cl)cc2C)CC1. The molecule has 0 saturated carbocycles. The Morgan fingerprint density at radius 3 is 2.50 bits per heavy atom. The summed E-state index contributed by atoms with van der Waals surface area (Å²) < 4.78 is 0. The van der Waals surface area contributed by atoms with Crippen molar-refractivity contribution in [3.63, 3.8) is 0 Å². The second-order valence-corrected chi connectivity index (χ2v) is 8.88. The van der Waals surface area contributed by atoms with Crippen LogP contribution in [-0.4, -0.2) is 23.9 Å². The van der Waals surface area contributed by atoms with Crippen LogP contribution < -0.4 is 5.32 Å². The molecule has 1 fully saturated rings. The predicted octanol–water partition coefficient (Wildman–Crippen LogP) is 5.87. The molecule has 4 heteroatoms. The van der Waals surface area contributed by atoms with Gasteiger partial charge in [-0.3, -0.25) is 4.79 Å². The zero-order valence-corrected chi connectivity index (χ0v) is 18.3. The normalized spacial score (nSPS) is 19.5. The summed E-state index contributed by atoms with van der Waals surface area (Å²) in [4.78, 5) is 14.9. The maximum atomic E-state index is 12.7. The fraction of sp³-hybridized carbons (Fsp3) is 0.542. The lowest BCUT2D eigenvalue weighted by Crippen LogP contribution is -2.45. The topological polar surface area (TPSA) is 32.3 Å². The van der Waals surface area contributed by atoms with Crippen LogP contribution in [0.15, 0.2) is 41.7 Å². The molecular weight excluding hydrogens is 368 g/mol. The molecule has 0 bridgehead atoms. The van der Waals surface area contributed by atoms with Crippen molar-refractivity contribution in [3.8, 4) is 0 Å². The van der Waals surface area contributed by atoms with E-state index in [-0.39, 0.29) is 11.3 Å². The molecule has 0 unspecified atom stereocenters. The molecule has 1 saturated heterocycles. The maximum Gasteiger partial charge on any atom is 0.252 e. The van der Waals surface area contributed by atoms with Gasteiger partial charge in [0.2, 0.25) is 0 Å². The first-order chi connectivity index (χ1) is 13.4.